The van der Waals surface area contributed by atoms with Gasteiger partial charge in [-0.05, 0) is 44.4 Å². The Labute approximate surface area is 128 Å². The molecule has 0 bridgehead atoms. The summed E-state index contributed by atoms with van der Waals surface area (Å²) in [6, 6.07) is 9.72. The molecule has 1 aliphatic carbocycles. The van der Waals surface area contributed by atoms with Gasteiger partial charge in [0, 0.05) is 11.6 Å². The van der Waals surface area contributed by atoms with E-state index in [-0.39, 0.29) is 17.2 Å². The van der Waals surface area contributed by atoms with E-state index in [2.05, 4.69) is 6.07 Å². The number of amides is 1. The highest BCUT2D eigenvalue weighted by Gasteiger charge is 2.29. The van der Waals surface area contributed by atoms with Crippen molar-refractivity contribution >= 4 is 5.91 Å². The molecule has 1 amide bonds. The van der Waals surface area contributed by atoms with Crippen molar-refractivity contribution in [3.8, 4) is 11.3 Å². The van der Waals surface area contributed by atoms with Gasteiger partial charge in [0.1, 0.15) is 5.56 Å². The molecule has 5 nitrogen and oxygen atoms in total. The summed E-state index contributed by atoms with van der Waals surface area (Å²) in [6.45, 7) is 4.07. The number of nitrogens with zero attached hydrogens (tertiary/aromatic N) is 1. The summed E-state index contributed by atoms with van der Waals surface area (Å²) in [7, 11) is 0. The Hall–Kier alpha value is -2.40. The van der Waals surface area contributed by atoms with E-state index in [9.17, 15) is 9.59 Å². The van der Waals surface area contributed by atoms with E-state index in [1.807, 2.05) is 37.5 Å². The largest absolute Gasteiger partial charge is 0.305 e. The molecule has 0 saturated heterocycles. The van der Waals surface area contributed by atoms with Gasteiger partial charge in [-0.2, -0.15) is 0 Å². The minimum atomic E-state index is -0.549. The standard InChI is InChI=1S/C17H19N3O2/c1-10-3-6-13(11(2)9-10)15-8-7-14(16(21)19-18)17(22)20(15)12-4-5-12/h3,6-9,12H,4-5,18H2,1-2H3,(H,19,21). The number of aryl methyl sites for hydroxylation is 2. The Morgan fingerprint density at radius 1 is 1.23 bits per heavy atom. The fraction of sp³-hybridized carbons (Fsp3) is 0.294. The molecular weight excluding hydrogens is 278 g/mol. The average molecular weight is 297 g/mol. The van der Waals surface area contributed by atoms with Crippen LogP contribution in [0.3, 0.4) is 0 Å². The lowest BCUT2D eigenvalue weighted by atomic mass is 10.0. The average Bonchev–Trinajstić information content (AvgIpc) is 3.31. The molecule has 0 aliphatic heterocycles. The van der Waals surface area contributed by atoms with Gasteiger partial charge in [-0.15, -0.1) is 0 Å². The van der Waals surface area contributed by atoms with Crippen molar-refractivity contribution in [3.05, 3.63) is 57.4 Å². The van der Waals surface area contributed by atoms with Crippen LogP contribution in [0.15, 0.2) is 35.1 Å². The molecule has 0 unspecified atom stereocenters. The summed E-state index contributed by atoms with van der Waals surface area (Å²) in [4.78, 5) is 24.4. The number of pyridine rings is 1. The number of hydrogen-bond donors (Lipinski definition) is 2. The fourth-order valence-electron chi connectivity index (χ4n) is 2.82. The molecule has 0 atom stereocenters. The lowest BCUT2D eigenvalue weighted by molar-refractivity contribution is 0.0951. The highest BCUT2D eigenvalue weighted by Crippen LogP contribution is 2.37. The summed E-state index contributed by atoms with van der Waals surface area (Å²) in [5, 5.41) is 0. The van der Waals surface area contributed by atoms with Crippen LogP contribution in [0.25, 0.3) is 11.3 Å². The van der Waals surface area contributed by atoms with Crippen LogP contribution >= 0.6 is 0 Å². The van der Waals surface area contributed by atoms with Crippen LogP contribution in [0.2, 0.25) is 0 Å². The summed E-state index contributed by atoms with van der Waals surface area (Å²) < 4.78 is 1.74. The third kappa shape index (κ3) is 2.44. The number of benzene rings is 1. The van der Waals surface area contributed by atoms with Crippen molar-refractivity contribution in [1.82, 2.24) is 9.99 Å². The SMILES string of the molecule is Cc1ccc(-c2ccc(C(=O)NN)c(=O)n2C2CC2)c(C)c1. The highest BCUT2D eigenvalue weighted by molar-refractivity contribution is 5.93. The van der Waals surface area contributed by atoms with Gasteiger partial charge >= 0.3 is 0 Å². The van der Waals surface area contributed by atoms with Gasteiger partial charge in [0.25, 0.3) is 11.5 Å². The van der Waals surface area contributed by atoms with Gasteiger partial charge in [0.2, 0.25) is 0 Å². The summed E-state index contributed by atoms with van der Waals surface area (Å²) in [6.07, 6.45) is 1.93. The zero-order chi connectivity index (χ0) is 15.9. The van der Waals surface area contributed by atoms with Gasteiger partial charge in [0.05, 0.1) is 5.69 Å². The number of nitrogens with two attached hydrogens (primary N) is 1. The van der Waals surface area contributed by atoms with Crippen LogP contribution in [0.1, 0.15) is 40.4 Å². The lowest BCUT2D eigenvalue weighted by Gasteiger charge is -2.16. The van der Waals surface area contributed by atoms with Crippen LogP contribution < -0.4 is 16.8 Å². The predicted octanol–water partition coefficient (Wildman–Crippen LogP) is 2.07. The molecule has 2 aromatic rings. The highest BCUT2D eigenvalue weighted by atomic mass is 16.2. The van der Waals surface area contributed by atoms with Crippen molar-refractivity contribution in [1.29, 1.82) is 0 Å². The Bertz CT molecular complexity index is 804. The van der Waals surface area contributed by atoms with E-state index in [0.717, 1.165) is 29.7 Å². The number of carbonyl (C=O) groups is 1. The Kier molecular flexibility index (Phi) is 3.58. The van der Waals surface area contributed by atoms with Gasteiger partial charge in [0.15, 0.2) is 0 Å². The Morgan fingerprint density at radius 3 is 2.55 bits per heavy atom. The van der Waals surface area contributed by atoms with Gasteiger partial charge in [-0.25, -0.2) is 5.84 Å². The molecule has 1 saturated carbocycles. The third-order valence-electron chi connectivity index (χ3n) is 4.06. The number of nitrogen functional groups attached to an aromatic ring is 1. The van der Waals surface area contributed by atoms with Crippen LogP contribution in [-0.4, -0.2) is 10.5 Å². The van der Waals surface area contributed by atoms with E-state index in [1.165, 1.54) is 5.56 Å². The number of hydrogen-bond acceptors (Lipinski definition) is 3. The van der Waals surface area contributed by atoms with Crippen LogP contribution in [0.4, 0.5) is 0 Å². The number of carbonyl (C=O) groups excluding carboxylic acids is 1. The van der Waals surface area contributed by atoms with Crippen molar-refractivity contribution in [2.45, 2.75) is 32.7 Å². The molecule has 3 N–H and O–H groups in total. The maximum atomic E-state index is 12.7. The second-order valence-corrected chi connectivity index (χ2v) is 5.83. The smallest absolute Gasteiger partial charge is 0.270 e. The first-order chi connectivity index (χ1) is 10.5. The first-order valence-electron chi connectivity index (χ1n) is 7.37. The zero-order valence-electron chi connectivity index (χ0n) is 12.7. The third-order valence-corrected chi connectivity index (χ3v) is 4.06. The topological polar surface area (TPSA) is 77.1 Å². The van der Waals surface area contributed by atoms with Crippen LogP contribution in [0, 0.1) is 13.8 Å². The second kappa shape index (κ2) is 5.42. The molecule has 0 spiro atoms. The van der Waals surface area contributed by atoms with Gasteiger partial charge in [-0.3, -0.25) is 15.0 Å². The van der Waals surface area contributed by atoms with E-state index in [0.29, 0.717) is 0 Å². The summed E-state index contributed by atoms with van der Waals surface area (Å²) >= 11 is 0. The molecule has 1 fully saturated rings. The number of rotatable bonds is 3. The minimum absolute atomic E-state index is 0.0860. The second-order valence-electron chi connectivity index (χ2n) is 5.83. The molecule has 114 valence electrons. The number of nitrogens with one attached hydrogen (secondary N) is 1. The first kappa shape index (κ1) is 14.5. The molecular formula is C17H19N3O2. The van der Waals surface area contributed by atoms with Crippen LogP contribution in [-0.2, 0) is 0 Å². The first-order valence-corrected chi connectivity index (χ1v) is 7.37. The summed E-state index contributed by atoms with van der Waals surface area (Å²) in [5.41, 5.74) is 6.02. The Morgan fingerprint density at radius 2 is 1.95 bits per heavy atom. The van der Waals surface area contributed by atoms with Crippen molar-refractivity contribution < 1.29 is 4.79 Å². The molecule has 1 aliphatic rings. The molecule has 1 heterocycles. The molecule has 5 heteroatoms. The van der Waals surface area contributed by atoms with Gasteiger partial charge in [-0.1, -0.05) is 23.8 Å². The maximum Gasteiger partial charge on any atom is 0.270 e. The van der Waals surface area contributed by atoms with E-state index < -0.39 is 5.91 Å². The van der Waals surface area contributed by atoms with Crippen molar-refractivity contribution in [2.24, 2.45) is 5.84 Å². The monoisotopic (exact) mass is 297 g/mol. The predicted molar refractivity (Wildman–Crippen MR) is 85.5 cm³/mol. The normalized spacial score (nSPS) is 14.0. The van der Waals surface area contributed by atoms with Crippen molar-refractivity contribution in [2.75, 3.05) is 0 Å². The molecule has 3 rings (SSSR count). The number of hydrazine groups is 1. The molecule has 0 radical (unpaired) electrons. The molecule has 1 aromatic carbocycles. The zero-order valence-corrected chi connectivity index (χ0v) is 12.7. The molecule has 1 aromatic heterocycles. The van der Waals surface area contributed by atoms with E-state index in [1.54, 1.807) is 10.6 Å². The lowest BCUT2D eigenvalue weighted by Crippen LogP contribution is -2.36. The minimum Gasteiger partial charge on any atom is -0.305 e. The quantitative estimate of drug-likeness (QED) is 0.517. The van der Waals surface area contributed by atoms with Crippen molar-refractivity contribution in [3.63, 3.8) is 0 Å². The fourth-order valence-corrected chi connectivity index (χ4v) is 2.82. The van der Waals surface area contributed by atoms with E-state index >= 15 is 0 Å². The molecule has 22 heavy (non-hydrogen) atoms. The Balaban J connectivity index is 2.22. The summed E-state index contributed by atoms with van der Waals surface area (Å²) in [5.74, 6) is 4.61. The van der Waals surface area contributed by atoms with E-state index in [4.69, 9.17) is 5.84 Å². The number of aromatic nitrogens is 1. The maximum absolute atomic E-state index is 12.7. The van der Waals surface area contributed by atoms with Crippen LogP contribution in [0.5, 0.6) is 0 Å². The van der Waals surface area contributed by atoms with Gasteiger partial charge < -0.3 is 4.57 Å².